The Morgan fingerprint density at radius 1 is 1.30 bits per heavy atom. The van der Waals surface area contributed by atoms with E-state index in [1.165, 1.54) is 6.07 Å². The van der Waals surface area contributed by atoms with Crippen molar-refractivity contribution in [2.75, 3.05) is 0 Å². The highest BCUT2D eigenvalue weighted by Gasteiger charge is 2.07. The van der Waals surface area contributed by atoms with E-state index in [2.05, 4.69) is 27.3 Å². The van der Waals surface area contributed by atoms with Gasteiger partial charge in [0.15, 0.2) is 0 Å². The smallest absolute Gasteiger partial charge is 0.137 e. The molecule has 0 bridgehead atoms. The molecule has 2 rings (SSSR count). The Hall–Kier alpha value is -1.70. The summed E-state index contributed by atoms with van der Waals surface area (Å²) in [6.45, 7) is 2.68. The summed E-state index contributed by atoms with van der Waals surface area (Å²) in [6, 6.07) is 14.7. The lowest BCUT2D eigenvalue weighted by molar-refractivity contribution is 0.570. The standard InChI is InChI=1S/C16H14BrFN2/c1-11(14-5-6-16(18)15(17)8-14)20-10-13-4-2-3-12(7-13)9-19/h2-8,11,20H,10H2,1H3. The van der Waals surface area contributed by atoms with Crippen LogP contribution in [0.2, 0.25) is 0 Å². The topological polar surface area (TPSA) is 35.8 Å². The minimum atomic E-state index is -0.261. The van der Waals surface area contributed by atoms with E-state index < -0.39 is 0 Å². The number of nitrogens with zero attached hydrogens (tertiary/aromatic N) is 1. The van der Waals surface area contributed by atoms with Gasteiger partial charge in [0, 0.05) is 12.6 Å². The number of hydrogen-bond donors (Lipinski definition) is 1. The number of rotatable bonds is 4. The first kappa shape index (κ1) is 14.7. The molecule has 4 heteroatoms. The first-order chi connectivity index (χ1) is 9.60. The molecule has 0 amide bonds. The molecule has 1 unspecified atom stereocenters. The Bertz CT molecular complexity index is 649. The molecule has 0 radical (unpaired) electrons. The second kappa shape index (κ2) is 6.65. The Kier molecular flexibility index (Phi) is 4.89. The SMILES string of the molecule is CC(NCc1cccc(C#N)c1)c1ccc(F)c(Br)c1. The molecule has 102 valence electrons. The molecule has 0 heterocycles. The van der Waals surface area contributed by atoms with Gasteiger partial charge in [0.05, 0.1) is 16.1 Å². The molecule has 0 aliphatic rings. The fraction of sp³-hybridized carbons (Fsp3) is 0.188. The molecular weight excluding hydrogens is 319 g/mol. The molecule has 2 nitrogen and oxygen atoms in total. The van der Waals surface area contributed by atoms with Crippen LogP contribution in [0.5, 0.6) is 0 Å². The van der Waals surface area contributed by atoms with E-state index in [0.29, 0.717) is 16.6 Å². The van der Waals surface area contributed by atoms with Crippen molar-refractivity contribution in [1.82, 2.24) is 5.32 Å². The van der Waals surface area contributed by atoms with Crippen LogP contribution in [0.1, 0.15) is 29.7 Å². The van der Waals surface area contributed by atoms with Crippen LogP contribution in [0.3, 0.4) is 0 Å². The van der Waals surface area contributed by atoms with Crippen LogP contribution in [-0.2, 0) is 6.54 Å². The third kappa shape index (κ3) is 3.66. The summed E-state index contributed by atoms with van der Waals surface area (Å²) in [5, 5.41) is 12.2. The molecule has 2 aromatic carbocycles. The van der Waals surface area contributed by atoms with Crippen LogP contribution in [0.4, 0.5) is 4.39 Å². The predicted molar refractivity (Wildman–Crippen MR) is 80.5 cm³/mol. The lowest BCUT2D eigenvalue weighted by Gasteiger charge is -2.15. The van der Waals surface area contributed by atoms with Crippen molar-refractivity contribution >= 4 is 15.9 Å². The predicted octanol–water partition coefficient (Wildman–Crippen LogP) is 4.31. The molecule has 1 atom stereocenters. The van der Waals surface area contributed by atoms with Gasteiger partial charge in [-0.2, -0.15) is 5.26 Å². The zero-order valence-electron chi connectivity index (χ0n) is 11.0. The number of benzene rings is 2. The van der Waals surface area contributed by atoms with Crippen LogP contribution in [-0.4, -0.2) is 0 Å². The number of nitrogens with one attached hydrogen (secondary N) is 1. The third-order valence-corrected chi connectivity index (χ3v) is 3.72. The van der Waals surface area contributed by atoms with Crippen LogP contribution >= 0.6 is 15.9 Å². The minimum Gasteiger partial charge on any atom is -0.306 e. The summed E-state index contributed by atoms with van der Waals surface area (Å²) in [5.41, 5.74) is 2.72. The van der Waals surface area contributed by atoms with Gasteiger partial charge >= 0.3 is 0 Å². The van der Waals surface area contributed by atoms with Crippen molar-refractivity contribution < 1.29 is 4.39 Å². The molecule has 1 N–H and O–H groups in total. The van der Waals surface area contributed by atoms with Crippen molar-refractivity contribution in [3.8, 4) is 6.07 Å². The minimum absolute atomic E-state index is 0.0950. The molecule has 0 aliphatic carbocycles. The van der Waals surface area contributed by atoms with Crippen molar-refractivity contribution in [3.05, 3.63) is 69.4 Å². The highest BCUT2D eigenvalue weighted by Crippen LogP contribution is 2.21. The van der Waals surface area contributed by atoms with E-state index in [9.17, 15) is 4.39 Å². The fourth-order valence-electron chi connectivity index (χ4n) is 1.92. The Labute approximate surface area is 126 Å². The molecule has 0 fully saturated rings. The van der Waals surface area contributed by atoms with Crippen molar-refractivity contribution in [3.63, 3.8) is 0 Å². The van der Waals surface area contributed by atoms with Gasteiger partial charge in [0.1, 0.15) is 5.82 Å². The lowest BCUT2D eigenvalue weighted by Crippen LogP contribution is -2.18. The van der Waals surface area contributed by atoms with Gasteiger partial charge < -0.3 is 5.32 Å². The first-order valence-electron chi connectivity index (χ1n) is 6.27. The molecule has 0 saturated carbocycles. The van der Waals surface area contributed by atoms with Gasteiger partial charge in [0.25, 0.3) is 0 Å². The van der Waals surface area contributed by atoms with E-state index in [1.54, 1.807) is 18.2 Å². The number of nitriles is 1. The van der Waals surface area contributed by atoms with Gasteiger partial charge in [-0.25, -0.2) is 4.39 Å². The second-order valence-electron chi connectivity index (χ2n) is 4.59. The van der Waals surface area contributed by atoms with E-state index >= 15 is 0 Å². The number of hydrogen-bond acceptors (Lipinski definition) is 2. The summed E-state index contributed by atoms with van der Waals surface area (Å²) >= 11 is 3.19. The largest absolute Gasteiger partial charge is 0.306 e. The maximum absolute atomic E-state index is 13.2. The van der Waals surface area contributed by atoms with Gasteiger partial charge in [-0.3, -0.25) is 0 Å². The maximum Gasteiger partial charge on any atom is 0.137 e. The van der Waals surface area contributed by atoms with Gasteiger partial charge in [-0.1, -0.05) is 18.2 Å². The van der Waals surface area contributed by atoms with Gasteiger partial charge in [-0.05, 0) is 58.2 Å². The van der Waals surface area contributed by atoms with Crippen LogP contribution in [0.15, 0.2) is 46.9 Å². The third-order valence-electron chi connectivity index (χ3n) is 3.11. The summed E-state index contributed by atoms with van der Waals surface area (Å²) in [4.78, 5) is 0. The van der Waals surface area contributed by atoms with E-state index in [0.717, 1.165) is 11.1 Å². The van der Waals surface area contributed by atoms with E-state index in [4.69, 9.17) is 5.26 Å². The van der Waals surface area contributed by atoms with Crippen LogP contribution in [0, 0.1) is 17.1 Å². The second-order valence-corrected chi connectivity index (χ2v) is 5.44. The van der Waals surface area contributed by atoms with Crippen LogP contribution < -0.4 is 5.32 Å². The Morgan fingerprint density at radius 2 is 2.10 bits per heavy atom. The zero-order valence-corrected chi connectivity index (χ0v) is 12.6. The summed E-state index contributed by atoms with van der Waals surface area (Å²) < 4.78 is 13.7. The fourth-order valence-corrected chi connectivity index (χ4v) is 2.32. The van der Waals surface area contributed by atoms with Gasteiger partial charge in [-0.15, -0.1) is 0 Å². The normalized spacial score (nSPS) is 11.9. The van der Waals surface area contributed by atoms with Crippen molar-refractivity contribution in [2.45, 2.75) is 19.5 Å². The van der Waals surface area contributed by atoms with Crippen LogP contribution in [0.25, 0.3) is 0 Å². The highest BCUT2D eigenvalue weighted by atomic mass is 79.9. The average Bonchev–Trinajstić information content (AvgIpc) is 2.47. The van der Waals surface area contributed by atoms with E-state index in [1.807, 2.05) is 25.1 Å². The van der Waals surface area contributed by atoms with Crippen molar-refractivity contribution in [1.29, 1.82) is 5.26 Å². The van der Waals surface area contributed by atoms with Gasteiger partial charge in [0.2, 0.25) is 0 Å². The molecule has 0 spiro atoms. The molecule has 0 saturated heterocycles. The van der Waals surface area contributed by atoms with Crippen molar-refractivity contribution in [2.24, 2.45) is 0 Å². The molecule has 2 aromatic rings. The molecule has 0 aromatic heterocycles. The number of halogens is 2. The molecule has 0 aliphatic heterocycles. The quantitative estimate of drug-likeness (QED) is 0.905. The Morgan fingerprint density at radius 3 is 2.80 bits per heavy atom. The maximum atomic E-state index is 13.2. The monoisotopic (exact) mass is 332 g/mol. The molecule has 20 heavy (non-hydrogen) atoms. The summed E-state index contributed by atoms with van der Waals surface area (Å²) in [7, 11) is 0. The zero-order chi connectivity index (χ0) is 14.5. The highest BCUT2D eigenvalue weighted by molar-refractivity contribution is 9.10. The summed E-state index contributed by atoms with van der Waals surface area (Å²) in [5.74, 6) is -0.261. The molecular formula is C16H14BrFN2. The average molecular weight is 333 g/mol. The first-order valence-corrected chi connectivity index (χ1v) is 7.07. The lowest BCUT2D eigenvalue weighted by atomic mass is 10.1. The van der Waals surface area contributed by atoms with E-state index in [-0.39, 0.29) is 11.9 Å². The Balaban J connectivity index is 2.02. The summed E-state index contributed by atoms with van der Waals surface area (Å²) in [6.07, 6.45) is 0.